The summed E-state index contributed by atoms with van der Waals surface area (Å²) in [7, 11) is -0.544. The summed E-state index contributed by atoms with van der Waals surface area (Å²) in [6, 6.07) is 5.63. The van der Waals surface area contributed by atoms with Crippen molar-refractivity contribution in [2.75, 3.05) is 40.3 Å². The van der Waals surface area contributed by atoms with E-state index in [1.165, 1.54) is 42.7 Å². The van der Waals surface area contributed by atoms with Crippen molar-refractivity contribution in [1.29, 1.82) is 0 Å². The molecule has 2 rings (SSSR count). The van der Waals surface area contributed by atoms with Crippen LogP contribution in [0, 0.1) is 11.7 Å². The van der Waals surface area contributed by atoms with Gasteiger partial charge in [0.2, 0.25) is 5.91 Å². The number of carbonyl (C=O) groups excluding carboxylic acids is 1. The maximum atomic E-state index is 12.8. The molecule has 25 heavy (non-hydrogen) atoms. The molecule has 1 aromatic rings. The lowest BCUT2D eigenvalue weighted by atomic mass is 9.99. The molecule has 7 nitrogen and oxygen atoms in total. The van der Waals surface area contributed by atoms with Gasteiger partial charge in [-0.05, 0) is 37.1 Å². The van der Waals surface area contributed by atoms with Crippen LogP contribution in [0.1, 0.15) is 12.8 Å². The predicted octanol–water partition coefficient (Wildman–Crippen LogP) is 0.839. The molecule has 1 aromatic carbocycles. The fourth-order valence-corrected chi connectivity index (χ4v) is 3.81. The fourth-order valence-electron chi connectivity index (χ4n) is 2.62. The Hall–Kier alpha value is -1.71. The zero-order chi connectivity index (χ0) is 18.4. The summed E-state index contributed by atoms with van der Waals surface area (Å²) in [6.45, 7) is 1.17. The molecule has 0 saturated carbocycles. The van der Waals surface area contributed by atoms with Crippen LogP contribution in [0.15, 0.2) is 24.3 Å². The Morgan fingerprint density at radius 3 is 2.68 bits per heavy atom. The van der Waals surface area contributed by atoms with Crippen molar-refractivity contribution >= 4 is 16.1 Å². The van der Waals surface area contributed by atoms with Crippen LogP contribution in [0.3, 0.4) is 0 Å². The Labute approximate surface area is 147 Å². The van der Waals surface area contributed by atoms with Crippen molar-refractivity contribution < 1.29 is 22.3 Å². The molecule has 0 aromatic heterocycles. The Balaban J connectivity index is 1.77. The summed E-state index contributed by atoms with van der Waals surface area (Å²) < 4.78 is 45.0. The summed E-state index contributed by atoms with van der Waals surface area (Å²) in [4.78, 5) is 12.2. The van der Waals surface area contributed by atoms with E-state index in [4.69, 9.17) is 4.74 Å². The lowest BCUT2D eigenvalue weighted by molar-refractivity contribution is -0.126. The highest BCUT2D eigenvalue weighted by molar-refractivity contribution is 7.86. The average molecular weight is 373 g/mol. The molecule has 0 bridgehead atoms. The molecule has 1 amide bonds. The SMILES string of the molecule is CN(C)S(=O)(=O)N1CCC[C@H](C(=O)NCCOc2ccc(F)cc2)C1. The van der Waals surface area contributed by atoms with Crippen LogP contribution in [0.5, 0.6) is 5.75 Å². The van der Waals surface area contributed by atoms with E-state index < -0.39 is 10.2 Å². The maximum absolute atomic E-state index is 12.8. The maximum Gasteiger partial charge on any atom is 0.281 e. The average Bonchev–Trinajstić information content (AvgIpc) is 2.60. The summed E-state index contributed by atoms with van der Waals surface area (Å²) >= 11 is 0. The number of rotatable bonds is 7. The lowest BCUT2D eigenvalue weighted by Crippen LogP contribution is -2.49. The van der Waals surface area contributed by atoms with Crippen molar-refractivity contribution in [3.63, 3.8) is 0 Å². The molecular formula is C16H24FN3O4S. The summed E-state index contributed by atoms with van der Waals surface area (Å²) in [5.41, 5.74) is 0. The van der Waals surface area contributed by atoms with E-state index in [0.717, 1.165) is 4.31 Å². The molecule has 1 aliphatic rings. The standard InChI is InChI=1S/C16H24FN3O4S/c1-19(2)25(22,23)20-10-3-4-13(12-20)16(21)18-9-11-24-15-7-5-14(17)6-8-15/h5-8,13H,3-4,9-12H2,1-2H3,(H,18,21)/t13-/m0/s1. The number of halogens is 1. The van der Waals surface area contributed by atoms with Gasteiger partial charge in [-0.2, -0.15) is 17.0 Å². The van der Waals surface area contributed by atoms with Crippen LogP contribution in [0.2, 0.25) is 0 Å². The predicted molar refractivity (Wildman–Crippen MR) is 91.8 cm³/mol. The van der Waals surface area contributed by atoms with Gasteiger partial charge in [0.15, 0.2) is 0 Å². The molecule has 1 saturated heterocycles. The zero-order valence-electron chi connectivity index (χ0n) is 14.4. The lowest BCUT2D eigenvalue weighted by Gasteiger charge is -2.32. The van der Waals surface area contributed by atoms with E-state index in [0.29, 0.717) is 31.7 Å². The Bertz CT molecular complexity index is 679. The van der Waals surface area contributed by atoms with Gasteiger partial charge in [0.25, 0.3) is 10.2 Å². The quantitative estimate of drug-likeness (QED) is 0.719. The van der Waals surface area contributed by atoms with Crippen LogP contribution in [-0.2, 0) is 15.0 Å². The van der Waals surface area contributed by atoms with Gasteiger partial charge in [-0.1, -0.05) is 0 Å². The molecule has 0 radical (unpaired) electrons. The Morgan fingerprint density at radius 2 is 2.04 bits per heavy atom. The van der Waals surface area contributed by atoms with Crippen molar-refractivity contribution in [3.05, 3.63) is 30.1 Å². The minimum absolute atomic E-state index is 0.179. The highest BCUT2D eigenvalue weighted by Gasteiger charge is 2.33. The summed E-state index contributed by atoms with van der Waals surface area (Å²) in [5.74, 6) is -0.359. The van der Waals surface area contributed by atoms with Crippen LogP contribution in [0.25, 0.3) is 0 Å². The Morgan fingerprint density at radius 1 is 1.36 bits per heavy atom. The molecule has 1 N–H and O–H groups in total. The third-order valence-corrected chi connectivity index (χ3v) is 5.93. The minimum Gasteiger partial charge on any atom is -0.492 e. The molecular weight excluding hydrogens is 349 g/mol. The van der Waals surface area contributed by atoms with Gasteiger partial charge in [-0.15, -0.1) is 0 Å². The Kier molecular flexibility index (Phi) is 6.74. The number of amides is 1. The van der Waals surface area contributed by atoms with Crippen LogP contribution < -0.4 is 10.1 Å². The number of hydrogen-bond donors (Lipinski definition) is 1. The molecule has 9 heteroatoms. The van der Waals surface area contributed by atoms with Gasteiger partial charge < -0.3 is 10.1 Å². The third-order valence-electron chi connectivity index (χ3n) is 4.03. The van der Waals surface area contributed by atoms with E-state index in [1.807, 2.05) is 0 Å². The first-order valence-corrected chi connectivity index (χ1v) is 9.54. The van der Waals surface area contributed by atoms with Gasteiger partial charge in [0.1, 0.15) is 18.2 Å². The highest BCUT2D eigenvalue weighted by atomic mass is 32.2. The minimum atomic E-state index is -3.50. The first-order chi connectivity index (χ1) is 11.8. The first-order valence-electron chi connectivity index (χ1n) is 8.14. The molecule has 1 heterocycles. The second-order valence-electron chi connectivity index (χ2n) is 6.08. The monoisotopic (exact) mass is 373 g/mol. The number of carbonyl (C=O) groups is 1. The van der Waals surface area contributed by atoms with Crippen LogP contribution in [0.4, 0.5) is 4.39 Å². The molecule has 1 fully saturated rings. The molecule has 140 valence electrons. The van der Waals surface area contributed by atoms with Gasteiger partial charge >= 0.3 is 0 Å². The largest absolute Gasteiger partial charge is 0.492 e. The van der Waals surface area contributed by atoms with Gasteiger partial charge in [0.05, 0.1) is 12.5 Å². The number of nitrogens with one attached hydrogen (secondary N) is 1. The number of piperidine rings is 1. The smallest absolute Gasteiger partial charge is 0.281 e. The summed E-state index contributed by atoms with van der Waals surface area (Å²) in [5, 5.41) is 2.76. The van der Waals surface area contributed by atoms with Crippen molar-refractivity contribution in [1.82, 2.24) is 13.9 Å². The molecule has 1 atom stereocenters. The van der Waals surface area contributed by atoms with E-state index in [-0.39, 0.29) is 30.8 Å². The normalized spacial score (nSPS) is 19.0. The zero-order valence-corrected chi connectivity index (χ0v) is 15.3. The van der Waals surface area contributed by atoms with Gasteiger partial charge in [-0.3, -0.25) is 4.79 Å². The van der Waals surface area contributed by atoms with E-state index in [1.54, 1.807) is 0 Å². The molecule has 1 aliphatic heterocycles. The van der Waals surface area contributed by atoms with Crippen molar-refractivity contribution in [3.8, 4) is 5.75 Å². The van der Waals surface area contributed by atoms with E-state index >= 15 is 0 Å². The van der Waals surface area contributed by atoms with Crippen molar-refractivity contribution in [2.24, 2.45) is 5.92 Å². The van der Waals surface area contributed by atoms with E-state index in [2.05, 4.69) is 5.32 Å². The summed E-state index contributed by atoms with van der Waals surface area (Å²) in [6.07, 6.45) is 1.31. The van der Waals surface area contributed by atoms with Gasteiger partial charge in [0, 0.05) is 27.2 Å². The number of ether oxygens (including phenoxy) is 1. The number of nitrogens with zero attached hydrogens (tertiary/aromatic N) is 2. The second kappa shape index (κ2) is 8.59. The van der Waals surface area contributed by atoms with Crippen LogP contribution >= 0.6 is 0 Å². The highest BCUT2D eigenvalue weighted by Crippen LogP contribution is 2.20. The third kappa shape index (κ3) is 5.38. The number of benzene rings is 1. The molecule has 0 unspecified atom stereocenters. The van der Waals surface area contributed by atoms with E-state index in [9.17, 15) is 17.6 Å². The van der Waals surface area contributed by atoms with Crippen molar-refractivity contribution in [2.45, 2.75) is 12.8 Å². The second-order valence-corrected chi connectivity index (χ2v) is 8.22. The topological polar surface area (TPSA) is 79.0 Å². The molecule has 0 spiro atoms. The number of hydrogen-bond acceptors (Lipinski definition) is 4. The van der Waals surface area contributed by atoms with Gasteiger partial charge in [-0.25, -0.2) is 4.39 Å². The molecule has 0 aliphatic carbocycles. The van der Waals surface area contributed by atoms with Crippen LogP contribution in [-0.4, -0.2) is 63.3 Å². The fraction of sp³-hybridized carbons (Fsp3) is 0.562. The first kappa shape index (κ1) is 19.6.